The maximum absolute atomic E-state index is 14.0. The molecule has 0 heterocycles. The van der Waals surface area contributed by atoms with Gasteiger partial charge in [-0.05, 0) is 41.8 Å². The molecule has 0 aromatic heterocycles. The van der Waals surface area contributed by atoms with E-state index in [2.05, 4.69) is 21.2 Å². The van der Waals surface area contributed by atoms with Crippen LogP contribution in [0, 0.1) is 11.6 Å². The molecule has 3 aromatic carbocycles. The summed E-state index contributed by atoms with van der Waals surface area (Å²) in [6, 6.07) is 18.0. The van der Waals surface area contributed by atoms with Crippen molar-refractivity contribution in [2.75, 3.05) is 23.7 Å². The van der Waals surface area contributed by atoms with E-state index in [1.807, 2.05) is 43.3 Å². The summed E-state index contributed by atoms with van der Waals surface area (Å²) in [4.78, 5) is 28.8. The molecule has 0 unspecified atom stereocenters. The number of sulfonamides is 1. The van der Waals surface area contributed by atoms with Crippen molar-refractivity contribution in [1.82, 2.24) is 10.2 Å². The van der Waals surface area contributed by atoms with E-state index in [1.54, 1.807) is 18.2 Å². The molecular weight excluding hydrogens is 604 g/mol. The molecule has 0 fully saturated rings. The van der Waals surface area contributed by atoms with Gasteiger partial charge in [-0.25, -0.2) is 17.2 Å². The van der Waals surface area contributed by atoms with Crippen LogP contribution in [0.15, 0.2) is 77.3 Å². The first-order valence-electron chi connectivity index (χ1n) is 12.8. The number of rotatable bonds is 13. The van der Waals surface area contributed by atoms with Crippen LogP contribution in [0.25, 0.3) is 0 Å². The number of carbonyl (C=O) groups is 2. The van der Waals surface area contributed by atoms with E-state index in [0.29, 0.717) is 16.4 Å². The van der Waals surface area contributed by atoms with Crippen LogP contribution in [0.4, 0.5) is 14.5 Å². The monoisotopic (exact) mass is 635 g/mol. The standard InChI is InChI=1S/C29H32BrF2N3O4S/c1-3-4-15-33-29(37)27(17-21-9-6-5-7-10-21)34(19-22-11-8-12-23(30)16-22)28(36)20-35(40(2,38)39)24-13-14-25(31)26(32)18-24/h5-14,16,18,27H,3-4,15,17,19-20H2,1-2H3,(H,33,37)/t27-/m0/s1. The Bertz CT molecular complexity index is 1420. The summed E-state index contributed by atoms with van der Waals surface area (Å²) in [5.74, 6) is -3.45. The van der Waals surface area contributed by atoms with Gasteiger partial charge in [0, 0.05) is 30.0 Å². The number of amides is 2. The zero-order chi connectivity index (χ0) is 29.3. The summed E-state index contributed by atoms with van der Waals surface area (Å²) in [5, 5.41) is 2.90. The molecule has 0 saturated heterocycles. The molecule has 40 heavy (non-hydrogen) atoms. The number of hydrogen-bond donors (Lipinski definition) is 1. The van der Waals surface area contributed by atoms with Crippen LogP contribution in [0.1, 0.15) is 30.9 Å². The molecular formula is C29H32BrF2N3O4S. The van der Waals surface area contributed by atoms with Crippen LogP contribution in [0.5, 0.6) is 0 Å². The Hall–Kier alpha value is -3.31. The fourth-order valence-corrected chi connectivity index (χ4v) is 5.43. The van der Waals surface area contributed by atoms with Crippen molar-refractivity contribution < 1.29 is 26.8 Å². The highest BCUT2D eigenvalue weighted by Gasteiger charge is 2.33. The number of anilines is 1. The van der Waals surface area contributed by atoms with Gasteiger partial charge in [-0.2, -0.15) is 0 Å². The third-order valence-corrected chi connectivity index (χ3v) is 7.85. The average Bonchev–Trinajstić information content (AvgIpc) is 2.91. The minimum atomic E-state index is -4.09. The summed E-state index contributed by atoms with van der Waals surface area (Å²) in [7, 11) is -4.09. The van der Waals surface area contributed by atoms with Gasteiger partial charge in [0.25, 0.3) is 0 Å². The van der Waals surface area contributed by atoms with E-state index in [-0.39, 0.29) is 24.6 Å². The lowest BCUT2D eigenvalue weighted by Gasteiger charge is -2.33. The number of hydrogen-bond acceptors (Lipinski definition) is 4. The van der Waals surface area contributed by atoms with Gasteiger partial charge >= 0.3 is 0 Å². The fraction of sp³-hybridized carbons (Fsp3) is 0.310. The van der Waals surface area contributed by atoms with Crippen LogP contribution < -0.4 is 9.62 Å². The van der Waals surface area contributed by atoms with E-state index in [9.17, 15) is 26.8 Å². The maximum Gasteiger partial charge on any atom is 0.244 e. The minimum absolute atomic E-state index is 0.00630. The topological polar surface area (TPSA) is 86.8 Å². The summed E-state index contributed by atoms with van der Waals surface area (Å²) in [6.07, 6.45) is 2.67. The molecule has 3 rings (SSSR count). The maximum atomic E-state index is 14.0. The van der Waals surface area contributed by atoms with Gasteiger partial charge in [-0.3, -0.25) is 13.9 Å². The van der Waals surface area contributed by atoms with Crippen LogP contribution in [-0.4, -0.2) is 50.5 Å². The quantitative estimate of drug-likeness (QED) is 0.266. The first-order chi connectivity index (χ1) is 19.0. The number of benzene rings is 3. The zero-order valence-corrected chi connectivity index (χ0v) is 24.7. The van der Waals surface area contributed by atoms with Gasteiger partial charge < -0.3 is 10.2 Å². The smallest absolute Gasteiger partial charge is 0.244 e. The SMILES string of the molecule is CCCCNC(=O)[C@H](Cc1ccccc1)N(Cc1cccc(Br)c1)C(=O)CN(c1ccc(F)c(F)c1)S(C)(=O)=O. The van der Waals surface area contributed by atoms with Gasteiger partial charge in [0.2, 0.25) is 21.8 Å². The van der Waals surface area contributed by atoms with Gasteiger partial charge in [-0.15, -0.1) is 0 Å². The third-order valence-electron chi connectivity index (χ3n) is 6.21. The highest BCUT2D eigenvalue weighted by Crippen LogP contribution is 2.23. The number of nitrogens with zero attached hydrogens (tertiary/aromatic N) is 2. The molecule has 2 amide bonds. The van der Waals surface area contributed by atoms with E-state index in [1.165, 1.54) is 4.90 Å². The largest absolute Gasteiger partial charge is 0.354 e. The van der Waals surface area contributed by atoms with Gasteiger partial charge in [-0.1, -0.05) is 71.7 Å². The zero-order valence-electron chi connectivity index (χ0n) is 22.3. The van der Waals surface area contributed by atoms with E-state index in [0.717, 1.165) is 47.3 Å². The van der Waals surface area contributed by atoms with Gasteiger partial charge in [0.05, 0.1) is 11.9 Å². The van der Waals surface area contributed by atoms with Crippen LogP contribution >= 0.6 is 15.9 Å². The molecule has 1 atom stereocenters. The van der Waals surface area contributed by atoms with Crippen molar-refractivity contribution in [1.29, 1.82) is 0 Å². The molecule has 0 bridgehead atoms. The number of carbonyl (C=O) groups excluding carboxylic acids is 2. The predicted molar refractivity (Wildman–Crippen MR) is 155 cm³/mol. The third kappa shape index (κ3) is 8.85. The van der Waals surface area contributed by atoms with Gasteiger partial charge in [0.1, 0.15) is 12.6 Å². The van der Waals surface area contributed by atoms with Crippen molar-refractivity contribution in [3.8, 4) is 0 Å². The second kappa shape index (κ2) is 14.4. The fourth-order valence-electron chi connectivity index (χ4n) is 4.15. The molecule has 0 aliphatic carbocycles. The van der Waals surface area contributed by atoms with Crippen LogP contribution in [-0.2, 0) is 32.6 Å². The lowest BCUT2D eigenvalue weighted by atomic mass is 10.0. The number of nitrogens with one attached hydrogen (secondary N) is 1. The molecule has 214 valence electrons. The Morgan fingerprint density at radius 2 is 1.65 bits per heavy atom. The molecule has 7 nitrogen and oxygen atoms in total. The van der Waals surface area contributed by atoms with Gasteiger partial charge in [0.15, 0.2) is 11.6 Å². The lowest BCUT2D eigenvalue weighted by molar-refractivity contribution is -0.140. The second-order valence-corrected chi connectivity index (χ2v) is 12.2. The van der Waals surface area contributed by atoms with Crippen LogP contribution in [0.3, 0.4) is 0 Å². The average molecular weight is 637 g/mol. The van der Waals surface area contributed by atoms with E-state index < -0.39 is 40.2 Å². The molecule has 0 spiro atoms. The number of halogens is 3. The minimum Gasteiger partial charge on any atom is -0.354 e. The molecule has 0 radical (unpaired) electrons. The van der Waals surface area contributed by atoms with Crippen LogP contribution in [0.2, 0.25) is 0 Å². The number of unbranched alkanes of at least 4 members (excludes halogenated alkanes) is 1. The highest BCUT2D eigenvalue weighted by atomic mass is 79.9. The Labute approximate surface area is 242 Å². The molecule has 1 N–H and O–H groups in total. The lowest BCUT2D eigenvalue weighted by Crippen LogP contribution is -2.53. The van der Waals surface area contributed by atoms with Crippen molar-refractivity contribution in [2.45, 2.75) is 38.8 Å². The molecule has 0 aliphatic rings. The Morgan fingerprint density at radius 3 is 2.27 bits per heavy atom. The van der Waals surface area contributed by atoms with Crippen molar-refractivity contribution in [3.63, 3.8) is 0 Å². The molecule has 0 aliphatic heterocycles. The van der Waals surface area contributed by atoms with E-state index in [4.69, 9.17) is 0 Å². The normalized spacial score (nSPS) is 12.0. The Kier molecular flexibility index (Phi) is 11.2. The first-order valence-corrected chi connectivity index (χ1v) is 15.4. The Morgan fingerprint density at radius 1 is 0.950 bits per heavy atom. The summed E-state index contributed by atoms with van der Waals surface area (Å²) >= 11 is 3.42. The predicted octanol–water partition coefficient (Wildman–Crippen LogP) is 5.05. The highest BCUT2D eigenvalue weighted by molar-refractivity contribution is 9.10. The van der Waals surface area contributed by atoms with Crippen molar-refractivity contribution in [3.05, 3.63) is 100 Å². The molecule has 0 saturated carbocycles. The van der Waals surface area contributed by atoms with E-state index >= 15 is 0 Å². The first kappa shape index (κ1) is 31.2. The second-order valence-electron chi connectivity index (χ2n) is 9.37. The summed E-state index contributed by atoms with van der Waals surface area (Å²) in [6.45, 7) is 1.70. The Balaban J connectivity index is 2.04. The summed E-state index contributed by atoms with van der Waals surface area (Å²) < 4.78 is 54.5. The molecule has 3 aromatic rings. The van der Waals surface area contributed by atoms with Crippen molar-refractivity contribution in [2.24, 2.45) is 0 Å². The van der Waals surface area contributed by atoms with Crippen molar-refractivity contribution >= 4 is 43.5 Å². The summed E-state index contributed by atoms with van der Waals surface area (Å²) in [5.41, 5.74) is 1.32. The molecule has 11 heteroatoms.